The van der Waals surface area contributed by atoms with Crippen LogP contribution in [0.3, 0.4) is 0 Å². The summed E-state index contributed by atoms with van der Waals surface area (Å²) in [5.41, 5.74) is -4.49. The largest absolute Gasteiger partial charge is 0.511 e. The first kappa shape index (κ1) is 37.5. The fourth-order valence-electron chi connectivity index (χ4n) is 6.02. The standard InChI is InChI=1S/C36H44O12/c1-8-11-21(37)24-27(40)16(4)33(48-7)19(31(24)44)14-17-28(41)18(30(43)25(29(17)42)22(38)12-9-2)15-20-32(45)26(23(39)13-10-3)35(47)36(5,6)34(20)46/h40-46H,8-15H2,1-7H3. The molecule has 0 unspecified atom stereocenters. The fraction of sp³-hybridized carbons (Fsp3) is 0.444. The van der Waals surface area contributed by atoms with Gasteiger partial charge in [-0.05, 0) is 40.0 Å². The molecule has 48 heavy (non-hydrogen) atoms. The summed E-state index contributed by atoms with van der Waals surface area (Å²) >= 11 is 0. The third-order valence-corrected chi connectivity index (χ3v) is 8.72. The molecule has 0 bridgehead atoms. The molecule has 2 aromatic carbocycles. The van der Waals surface area contributed by atoms with Crippen LogP contribution in [0.25, 0.3) is 0 Å². The number of allylic oxidation sites excluding steroid dienone is 3. The van der Waals surface area contributed by atoms with Gasteiger partial charge >= 0.3 is 0 Å². The van der Waals surface area contributed by atoms with Crippen LogP contribution in [0.15, 0.2) is 22.7 Å². The van der Waals surface area contributed by atoms with Gasteiger partial charge in [-0.3, -0.25) is 19.2 Å². The number of methoxy groups -OCH3 is 1. The van der Waals surface area contributed by atoms with Gasteiger partial charge < -0.3 is 40.5 Å². The first-order valence-corrected chi connectivity index (χ1v) is 15.8. The molecule has 0 amide bonds. The number of hydrogen-bond acceptors (Lipinski definition) is 12. The van der Waals surface area contributed by atoms with E-state index in [0.29, 0.717) is 19.3 Å². The zero-order valence-corrected chi connectivity index (χ0v) is 28.3. The van der Waals surface area contributed by atoms with Crippen LogP contribution >= 0.6 is 0 Å². The van der Waals surface area contributed by atoms with E-state index in [0.717, 1.165) is 0 Å². The Labute approximate surface area is 278 Å². The van der Waals surface area contributed by atoms with Crippen molar-refractivity contribution in [3.8, 4) is 34.5 Å². The van der Waals surface area contributed by atoms with Gasteiger partial charge in [0.2, 0.25) is 0 Å². The number of aliphatic hydroxyl groups excluding tert-OH is 2. The highest BCUT2D eigenvalue weighted by molar-refractivity contribution is 6.24. The van der Waals surface area contributed by atoms with Crippen molar-refractivity contribution in [2.24, 2.45) is 5.41 Å². The average molecular weight is 669 g/mol. The van der Waals surface area contributed by atoms with Crippen LogP contribution in [0.1, 0.15) is 116 Å². The van der Waals surface area contributed by atoms with Crippen LogP contribution in [0.5, 0.6) is 34.5 Å². The molecule has 0 heterocycles. The van der Waals surface area contributed by atoms with E-state index >= 15 is 0 Å². The van der Waals surface area contributed by atoms with E-state index in [4.69, 9.17) is 4.74 Å². The third kappa shape index (κ3) is 6.31. The smallest absolute Gasteiger partial charge is 0.183 e. The second-order valence-corrected chi connectivity index (χ2v) is 12.5. The summed E-state index contributed by atoms with van der Waals surface area (Å²) in [5, 5.41) is 78.8. The minimum atomic E-state index is -1.68. The molecule has 12 nitrogen and oxygen atoms in total. The Morgan fingerprint density at radius 1 is 0.646 bits per heavy atom. The lowest BCUT2D eigenvalue weighted by Crippen LogP contribution is -2.36. The number of ketones is 4. The maximum Gasteiger partial charge on any atom is 0.183 e. The topological polar surface area (TPSA) is 219 Å². The van der Waals surface area contributed by atoms with Gasteiger partial charge in [-0.1, -0.05) is 20.8 Å². The van der Waals surface area contributed by atoms with Crippen molar-refractivity contribution in [1.82, 2.24) is 0 Å². The first-order chi connectivity index (χ1) is 22.4. The highest BCUT2D eigenvalue weighted by atomic mass is 16.5. The van der Waals surface area contributed by atoms with E-state index in [1.54, 1.807) is 20.8 Å². The Balaban J connectivity index is 2.42. The van der Waals surface area contributed by atoms with Crippen molar-refractivity contribution >= 4 is 23.1 Å². The van der Waals surface area contributed by atoms with Gasteiger partial charge in [-0.25, -0.2) is 0 Å². The van der Waals surface area contributed by atoms with Crippen molar-refractivity contribution < 1.29 is 59.7 Å². The Hall–Kier alpha value is -5.00. The molecule has 0 saturated carbocycles. The molecular weight excluding hydrogens is 624 g/mol. The number of rotatable bonds is 14. The lowest BCUT2D eigenvalue weighted by atomic mass is 9.73. The summed E-state index contributed by atoms with van der Waals surface area (Å²) in [5.74, 6) is -8.07. The van der Waals surface area contributed by atoms with Crippen molar-refractivity contribution in [3.05, 3.63) is 56.0 Å². The van der Waals surface area contributed by atoms with Crippen LogP contribution in [0.2, 0.25) is 0 Å². The predicted molar refractivity (Wildman–Crippen MR) is 175 cm³/mol. The molecule has 260 valence electrons. The van der Waals surface area contributed by atoms with Gasteiger partial charge in [0.15, 0.2) is 23.1 Å². The number of carbonyl (C=O) groups is 4. The molecule has 0 atom stereocenters. The number of hydrogen-bond donors (Lipinski definition) is 7. The number of phenolic OH excluding ortho intramolecular Hbond substituents is 5. The number of aromatic hydroxyl groups is 5. The van der Waals surface area contributed by atoms with Crippen LogP contribution < -0.4 is 4.74 Å². The van der Waals surface area contributed by atoms with Crippen molar-refractivity contribution in [2.45, 2.75) is 92.9 Å². The molecule has 0 aliphatic heterocycles. The summed E-state index contributed by atoms with van der Waals surface area (Å²) in [6.45, 7) is 9.25. The van der Waals surface area contributed by atoms with Gasteiger partial charge in [0.1, 0.15) is 62.7 Å². The molecule has 3 rings (SSSR count). The van der Waals surface area contributed by atoms with Gasteiger partial charge in [0.05, 0.1) is 12.5 Å². The van der Waals surface area contributed by atoms with Crippen LogP contribution in [0.4, 0.5) is 0 Å². The number of carbonyl (C=O) groups excluding carboxylic acids is 4. The summed E-state index contributed by atoms with van der Waals surface area (Å²) in [4.78, 5) is 52.3. The SMILES string of the molecule is CCCC(=O)C1=C(O)C(Cc2c(O)c(Cc3c(O)c(C(=O)CCC)c(O)c(C)c3OC)c(O)c(C(=O)CCC)c2O)=C(O)C(C)(C)C1=O. The van der Waals surface area contributed by atoms with Crippen molar-refractivity contribution in [3.63, 3.8) is 0 Å². The monoisotopic (exact) mass is 668 g/mol. The molecule has 1 aliphatic carbocycles. The highest BCUT2D eigenvalue weighted by Crippen LogP contribution is 2.50. The van der Waals surface area contributed by atoms with E-state index in [1.807, 2.05) is 0 Å². The third-order valence-electron chi connectivity index (χ3n) is 8.72. The summed E-state index contributed by atoms with van der Waals surface area (Å²) < 4.78 is 5.44. The first-order valence-electron chi connectivity index (χ1n) is 15.8. The van der Waals surface area contributed by atoms with E-state index in [2.05, 4.69) is 0 Å². The lowest BCUT2D eigenvalue weighted by molar-refractivity contribution is -0.127. The molecule has 0 radical (unpaired) electrons. The number of aliphatic hydroxyl groups is 2. The molecule has 0 fully saturated rings. The van der Waals surface area contributed by atoms with Crippen LogP contribution in [-0.2, 0) is 22.4 Å². The Bertz CT molecular complexity index is 1760. The molecule has 12 heteroatoms. The molecule has 1 aliphatic rings. The highest BCUT2D eigenvalue weighted by Gasteiger charge is 2.45. The predicted octanol–water partition coefficient (Wildman–Crippen LogP) is 6.23. The molecule has 7 N–H and O–H groups in total. The quantitative estimate of drug-likeness (QED) is 0.0880. The lowest BCUT2D eigenvalue weighted by Gasteiger charge is -2.31. The van der Waals surface area contributed by atoms with Gasteiger partial charge in [-0.2, -0.15) is 0 Å². The van der Waals surface area contributed by atoms with Gasteiger partial charge in [0, 0.05) is 59.9 Å². The summed E-state index contributed by atoms with van der Waals surface area (Å²) in [6, 6.07) is 0. The van der Waals surface area contributed by atoms with Crippen molar-refractivity contribution in [1.29, 1.82) is 0 Å². The zero-order valence-electron chi connectivity index (χ0n) is 28.3. The Kier molecular flexibility index (Phi) is 11.2. The minimum Gasteiger partial charge on any atom is -0.511 e. The van der Waals surface area contributed by atoms with Crippen LogP contribution in [0, 0.1) is 12.3 Å². The van der Waals surface area contributed by atoms with Gasteiger partial charge in [-0.15, -0.1) is 0 Å². The molecule has 2 aromatic rings. The number of Topliss-reactive ketones (excluding diaryl/α,β-unsaturated/α-hetero) is 4. The number of ether oxygens (including phenoxy) is 1. The molecule has 0 aromatic heterocycles. The van der Waals surface area contributed by atoms with Gasteiger partial charge in [0.25, 0.3) is 0 Å². The maximum absolute atomic E-state index is 13.3. The summed E-state index contributed by atoms with van der Waals surface area (Å²) in [6.07, 6.45) is -0.440. The Morgan fingerprint density at radius 3 is 1.56 bits per heavy atom. The Morgan fingerprint density at radius 2 is 1.08 bits per heavy atom. The fourth-order valence-corrected chi connectivity index (χ4v) is 6.02. The molecular formula is C36H44O12. The normalized spacial score (nSPS) is 14.4. The second kappa shape index (κ2) is 14.4. The van der Waals surface area contributed by atoms with E-state index in [-0.39, 0.29) is 41.7 Å². The molecule has 0 saturated heterocycles. The zero-order chi connectivity index (χ0) is 36.4. The summed E-state index contributed by atoms with van der Waals surface area (Å²) in [7, 11) is 1.24. The average Bonchev–Trinajstić information content (AvgIpc) is 3.01. The molecule has 0 spiro atoms. The van der Waals surface area contributed by atoms with E-state index < -0.39 is 109 Å². The van der Waals surface area contributed by atoms with E-state index in [1.165, 1.54) is 27.9 Å². The van der Waals surface area contributed by atoms with Crippen LogP contribution in [-0.4, -0.2) is 66.0 Å². The number of phenols is 5. The van der Waals surface area contributed by atoms with Crippen molar-refractivity contribution in [2.75, 3.05) is 7.11 Å². The second-order valence-electron chi connectivity index (χ2n) is 12.5. The maximum atomic E-state index is 13.3. The minimum absolute atomic E-state index is 0.0148. The number of benzene rings is 2. The van der Waals surface area contributed by atoms with E-state index in [9.17, 15) is 54.9 Å².